The molecule has 0 aliphatic rings. The van der Waals surface area contributed by atoms with E-state index in [0.717, 1.165) is 15.3 Å². The van der Waals surface area contributed by atoms with E-state index in [2.05, 4.69) is 0 Å². The number of nitrogens with two attached hydrogens (primary N) is 1. The van der Waals surface area contributed by atoms with Crippen molar-refractivity contribution in [2.75, 3.05) is 5.73 Å². The zero-order valence-electron chi connectivity index (χ0n) is 9.86. The van der Waals surface area contributed by atoms with Gasteiger partial charge in [0.15, 0.2) is 0 Å². The summed E-state index contributed by atoms with van der Waals surface area (Å²) in [5, 5.41) is 11.7. The molecule has 0 unspecified atom stereocenters. The summed E-state index contributed by atoms with van der Waals surface area (Å²) in [6.45, 7) is 3.99. The summed E-state index contributed by atoms with van der Waals surface area (Å²) in [5.74, 6) is -0.833. The molecular formula is C12H12ClNO2S2. The van der Waals surface area contributed by atoms with Gasteiger partial charge in [0.1, 0.15) is 4.88 Å². The predicted molar refractivity (Wildman–Crippen MR) is 78.1 cm³/mol. The van der Waals surface area contributed by atoms with Crippen molar-refractivity contribution in [3.8, 4) is 9.75 Å². The second kappa shape index (κ2) is 4.91. The summed E-state index contributed by atoms with van der Waals surface area (Å²) in [6.07, 6.45) is 0. The van der Waals surface area contributed by atoms with Crippen molar-refractivity contribution in [3.63, 3.8) is 0 Å². The standard InChI is InChI=1S/C12H12ClNO2S2/c1-5(2)7-8(14)11(12(15)16)18-10(7)9-6(13)3-4-17-9/h3-5H,14H2,1-2H3,(H,15,16). The molecule has 2 aromatic rings. The van der Waals surface area contributed by atoms with Gasteiger partial charge in [0.25, 0.3) is 0 Å². The van der Waals surface area contributed by atoms with Gasteiger partial charge in [0.2, 0.25) is 0 Å². The maximum atomic E-state index is 11.2. The van der Waals surface area contributed by atoms with Crippen molar-refractivity contribution in [2.24, 2.45) is 0 Å². The van der Waals surface area contributed by atoms with Gasteiger partial charge < -0.3 is 10.8 Å². The summed E-state index contributed by atoms with van der Waals surface area (Å²) in [5.41, 5.74) is 7.19. The van der Waals surface area contributed by atoms with E-state index >= 15 is 0 Å². The molecule has 3 nitrogen and oxygen atoms in total. The maximum Gasteiger partial charge on any atom is 0.348 e. The lowest BCUT2D eigenvalue weighted by atomic mass is 10.0. The minimum Gasteiger partial charge on any atom is -0.477 e. The number of thiophene rings is 2. The Labute approximate surface area is 118 Å². The van der Waals surface area contributed by atoms with Crippen LogP contribution >= 0.6 is 34.3 Å². The smallest absolute Gasteiger partial charge is 0.348 e. The van der Waals surface area contributed by atoms with Gasteiger partial charge in [-0.2, -0.15) is 0 Å². The van der Waals surface area contributed by atoms with Crippen LogP contribution in [0.15, 0.2) is 11.4 Å². The normalized spacial score (nSPS) is 11.1. The van der Waals surface area contributed by atoms with Crippen LogP contribution < -0.4 is 5.73 Å². The molecular weight excluding hydrogens is 290 g/mol. The highest BCUT2D eigenvalue weighted by atomic mass is 35.5. The fraction of sp³-hybridized carbons (Fsp3) is 0.250. The number of hydrogen-bond donors (Lipinski definition) is 2. The van der Waals surface area contributed by atoms with E-state index in [1.165, 1.54) is 22.7 Å². The first kappa shape index (κ1) is 13.4. The molecule has 0 atom stereocenters. The second-order valence-corrected chi connectivity index (χ2v) is 6.49. The molecule has 0 fully saturated rings. The molecule has 0 radical (unpaired) electrons. The molecule has 0 amide bonds. The number of nitrogen functional groups attached to an aromatic ring is 1. The monoisotopic (exact) mass is 301 g/mol. The van der Waals surface area contributed by atoms with Crippen molar-refractivity contribution >= 4 is 45.9 Å². The molecule has 0 spiro atoms. The lowest BCUT2D eigenvalue weighted by Crippen LogP contribution is -2.00. The van der Waals surface area contributed by atoms with Gasteiger partial charge in [0, 0.05) is 0 Å². The van der Waals surface area contributed by atoms with Crippen molar-refractivity contribution in [2.45, 2.75) is 19.8 Å². The number of carboxylic acids is 1. The Bertz CT molecular complexity index is 601. The molecule has 0 saturated heterocycles. The van der Waals surface area contributed by atoms with E-state index in [0.29, 0.717) is 10.7 Å². The van der Waals surface area contributed by atoms with E-state index in [1.807, 2.05) is 25.3 Å². The highest BCUT2D eigenvalue weighted by Gasteiger charge is 2.24. The SMILES string of the molecule is CC(C)c1c(-c2sccc2Cl)sc(C(=O)O)c1N. The summed E-state index contributed by atoms with van der Waals surface area (Å²) in [6, 6.07) is 1.81. The van der Waals surface area contributed by atoms with E-state index in [4.69, 9.17) is 22.4 Å². The molecule has 96 valence electrons. The van der Waals surface area contributed by atoms with Crippen LogP contribution in [0.3, 0.4) is 0 Å². The third-order valence-electron chi connectivity index (χ3n) is 2.58. The van der Waals surface area contributed by atoms with E-state index in [9.17, 15) is 4.79 Å². The van der Waals surface area contributed by atoms with Crippen LogP contribution in [0.1, 0.15) is 35.0 Å². The largest absolute Gasteiger partial charge is 0.477 e. The summed E-state index contributed by atoms with van der Waals surface area (Å²) < 4.78 is 0. The van der Waals surface area contributed by atoms with Crippen molar-refractivity contribution in [1.29, 1.82) is 0 Å². The Morgan fingerprint density at radius 1 is 1.44 bits per heavy atom. The second-order valence-electron chi connectivity index (χ2n) is 4.15. The van der Waals surface area contributed by atoms with Crippen LogP contribution in [0.2, 0.25) is 5.02 Å². The fourth-order valence-electron chi connectivity index (χ4n) is 1.81. The molecule has 0 saturated carbocycles. The molecule has 0 aliphatic carbocycles. The topological polar surface area (TPSA) is 63.3 Å². The number of aromatic carboxylic acids is 1. The minimum absolute atomic E-state index is 0.155. The van der Waals surface area contributed by atoms with Crippen LogP contribution in [-0.2, 0) is 0 Å². The third kappa shape index (κ3) is 2.13. The summed E-state index contributed by atoms with van der Waals surface area (Å²) in [7, 11) is 0. The van der Waals surface area contributed by atoms with Gasteiger partial charge in [-0.05, 0) is 22.9 Å². The maximum absolute atomic E-state index is 11.2. The number of carbonyl (C=O) groups is 1. The fourth-order valence-corrected chi connectivity index (χ4v) is 4.41. The van der Waals surface area contributed by atoms with Crippen LogP contribution in [-0.4, -0.2) is 11.1 Å². The molecule has 2 heterocycles. The first-order valence-corrected chi connectivity index (χ1v) is 7.39. The van der Waals surface area contributed by atoms with Crippen LogP contribution in [0, 0.1) is 0 Å². The number of rotatable bonds is 3. The van der Waals surface area contributed by atoms with E-state index in [1.54, 1.807) is 0 Å². The summed E-state index contributed by atoms with van der Waals surface area (Å²) in [4.78, 5) is 13.1. The first-order chi connectivity index (χ1) is 8.43. The highest BCUT2D eigenvalue weighted by molar-refractivity contribution is 7.23. The van der Waals surface area contributed by atoms with Gasteiger partial charge in [0.05, 0.1) is 20.5 Å². The van der Waals surface area contributed by atoms with Gasteiger partial charge in [-0.15, -0.1) is 22.7 Å². The zero-order chi connectivity index (χ0) is 13.4. The molecule has 6 heteroatoms. The minimum atomic E-state index is -0.988. The van der Waals surface area contributed by atoms with Gasteiger partial charge >= 0.3 is 5.97 Å². The lowest BCUT2D eigenvalue weighted by molar-refractivity contribution is 0.0703. The summed E-state index contributed by atoms with van der Waals surface area (Å²) >= 11 is 8.81. The molecule has 3 N–H and O–H groups in total. The van der Waals surface area contributed by atoms with Gasteiger partial charge in [-0.1, -0.05) is 25.4 Å². The van der Waals surface area contributed by atoms with Crippen LogP contribution in [0.4, 0.5) is 5.69 Å². The van der Waals surface area contributed by atoms with Crippen molar-refractivity contribution in [1.82, 2.24) is 0 Å². The Morgan fingerprint density at radius 2 is 2.11 bits per heavy atom. The van der Waals surface area contributed by atoms with Crippen LogP contribution in [0.5, 0.6) is 0 Å². The lowest BCUT2D eigenvalue weighted by Gasteiger charge is -2.07. The molecule has 0 bridgehead atoms. The van der Waals surface area contributed by atoms with Crippen molar-refractivity contribution in [3.05, 3.63) is 26.9 Å². The number of hydrogen-bond acceptors (Lipinski definition) is 4. The predicted octanol–water partition coefficient (Wildman–Crippen LogP) is 4.53. The first-order valence-electron chi connectivity index (χ1n) is 5.32. The molecule has 0 aliphatic heterocycles. The molecule has 2 aromatic heterocycles. The number of carboxylic acid groups (broad SMARTS) is 1. The highest BCUT2D eigenvalue weighted by Crippen LogP contribution is 2.46. The Hall–Kier alpha value is -1.04. The van der Waals surface area contributed by atoms with E-state index < -0.39 is 5.97 Å². The average molecular weight is 302 g/mol. The van der Waals surface area contributed by atoms with Gasteiger partial charge in [-0.25, -0.2) is 4.79 Å². The molecule has 0 aromatic carbocycles. The molecule has 2 rings (SSSR count). The zero-order valence-corrected chi connectivity index (χ0v) is 12.2. The number of anilines is 1. The Balaban J connectivity index is 2.71. The average Bonchev–Trinajstić information content (AvgIpc) is 2.81. The van der Waals surface area contributed by atoms with E-state index in [-0.39, 0.29) is 10.8 Å². The third-order valence-corrected chi connectivity index (χ3v) is 5.29. The van der Waals surface area contributed by atoms with Crippen molar-refractivity contribution < 1.29 is 9.90 Å². The van der Waals surface area contributed by atoms with Gasteiger partial charge in [-0.3, -0.25) is 0 Å². The molecule has 18 heavy (non-hydrogen) atoms. The quantitative estimate of drug-likeness (QED) is 0.875. The Morgan fingerprint density at radius 3 is 2.56 bits per heavy atom. The number of halogens is 1. The Kier molecular flexibility index (Phi) is 3.66. The van der Waals surface area contributed by atoms with Crippen LogP contribution in [0.25, 0.3) is 9.75 Å².